The molecule has 1 rings (SSSR count). The third-order valence-electron chi connectivity index (χ3n) is 1.34. The van der Waals surface area contributed by atoms with E-state index in [0.717, 1.165) is 4.68 Å². The second kappa shape index (κ2) is 4.15. The van der Waals surface area contributed by atoms with Crippen LogP contribution in [0.4, 0.5) is 14.5 Å². The van der Waals surface area contributed by atoms with E-state index >= 15 is 0 Å². The van der Waals surface area contributed by atoms with E-state index in [1.165, 1.54) is 19.5 Å². The Labute approximate surface area is 73.0 Å². The van der Waals surface area contributed by atoms with Gasteiger partial charge in [-0.25, -0.2) is 8.78 Å². The molecule has 7 heteroatoms. The quantitative estimate of drug-likeness (QED) is 0.722. The van der Waals surface area contributed by atoms with Crippen molar-refractivity contribution in [1.29, 1.82) is 0 Å². The molecule has 0 saturated carbocycles. The van der Waals surface area contributed by atoms with Gasteiger partial charge in [0.05, 0.1) is 19.5 Å². The summed E-state index contributed by atoms with van der Waals surface area (Å²) in [4.78, 5) is 4.40. The molecule has 0 saturated heterocycles. The van der Waals surface area contributed by atoms with Gasteiger partial charge in [-0.15, -0.1) is 5.23 Å². The fraction of sp³-hybridized carbons (Fsp3) is 0.500. The molecule has 0 unspecified atom stereocenters. The highest BCUT2D eigenvalue weighted by Crippen LogP contribution is 2.10. The molecule has 0 radical (unpaired) electrons. The number of halogens is 2. The van der Waals surface area contributed by atoms with E-state index in [1.807, 2.05) is 0 Å². The summed E-state index contributed by atoms with van der Waals surface area (Å²) in [5.41, 5.74) is 0.197. The summed E-state index contributed by atoms with van der Waals surface area (Å²) in [5.74, 6) is 0. The summed E-state index contributed by atoms with van der Waals surface area (Å²) in [7, 11) is 1.24. The van der Waals surface area contributed by atoms with Crippen LogP contribution in [0, 0.1) is 0 Å². The zero-order valence-electron chi connectivity index (χ0n) is 6.89. The van der Waals surface area contributed by atoms with Crippen molar-refractivity contribution in [3.63, 3.8) is 0 Å². The van der Waals surface area contributed by atoms with Crippen LogP contribution in [0.1, 0.15) is 0 Å². The van der Waals surface area contributed by atoms with Crippen molar-refractivity contribution in [3.05, 3.63) is 12.4 Å². The zero-order chi connectivity index (χ0) is 9.84. The smallest absolute Gasteiger partial charge is 0.257 e. The van der Waals surface area contributed by atoms with Gasteiger partial charge in [0.15, 0.2) is 0 Å². The highest BCUT2D eigenvalue weighted by molar-refractivity contribution is 5.35. The van der Waals surface area contributed by atoms with E-state index < -0.39 is 13.0 Å². The summed E-state index contributed by atoms with van der Waals surface area (Å²) < 4.78 is 24.7. The van der Waals surface area contributed by atoms with Gasteiger partial charge in [0.25, 0.3) is 6.43 Å². The molecule has 0 aliphatic rings. The average molecular weight is 193 g/mol. The Morgan fingerprint density at radius 1 is 1.77 bits per heavy atom. The monoisotopic (exact) mass is 193 g/mol. The van der Waals surface area contributed by atoms with Crippen LogP contribution in [0.3, 0.4) is 0 Å². The second-order valence-electron chi connectivity index (χ2n) is 2.27. The van der Waals surface area contributed by atoms with Crippen molar-refractivity contribution < 1.29 is 18.8 Å². The van der Waals surface area contributed by atoms with Crippen LogP contribution in [0.15, 0.2) is 12.4 Å². The van der Waals surface area contributed by atoms with E-state index in [-0.39, 0.29) is 5.69 Å². The standard InChI is InChI=1S/C6H9F2N3O2/c1-13-11(12)5-2-9-10(3-5)4-6(7)8/h2-3,6,12H,4H2,1H3. The Hall–Kier alpha value is -1.21. The number of hydrogen-bond donors (Lipinski definition) is 1. The third kappa shape index (κ3) is 2.63. The Morgan fingerprint density at radius 2 is 2.46 bits per heavy atom. The number of hydrogen-bond acceptors (Lipinski definition) is 4. The van der Waals surface area contributed by atoms with Crippen molar-refractivity contribution in [1.82, 2.24) is 9.78 Å². The van der Waals surface area contributed by atoms with Gasteiger partial charge in [-0.3, -0.25) is 14.7 Å². The molecule has 0 amide bonds. The topological polar surface area (TPSA) is 50.5 Å². The summed E-state index contributed by atoms with van der Waals surface area (Å²) in [6, 6.07) is 0. The fourth-order valence-corrected chi connectivity index (χ4v) is 0.798. The van der Waals surface area contributed by atoms with Gasteiger partial charge in [0.2, 0.25) is 0 Å². The van der Waals surface area contributed by atoms with E-state index in [0.29, 0.717) is 5.23 Å². The highest BCUT2D eigenvalue weighted by Gasteiger charge is 2.08. The molecule has 1 heterocycles. The van der Waals surface area contributed by atoms with Crippen LogP contribution in [0.25, 0.3) is 0 Å². The minimum absolute atomic E-state index is 0.197. The maximum absolute atomic E-state index is 11.8. The number of aromatic nitrogens is 2. The number of anilines is 1. The van der Waals surface area contributed by atoms with E-state index in [1.54, 1.807) is 0 Å². The molecule has 0 fully saturated rings. The van der Waals surface area contributed by atoms with Gasteiger partial charge < -0.3 is 0 Å². The molecule has 13 heavy (non-hydrogen) atoms. The minimum Gasteiger partial charge on any atom is -0.265 e. The summed E-state index contributed by atoms with van der Waals surface area (Å²) >= 11 is 0. The van der Waals surface area contributed by atoms with Crippen molar-refractivity contribution in [2.24, 2.45) is 0 Å². The van der Waals surface area contributed by atoms with Gasteiger partial charge in [-0.05, 0) is 0 Å². The predicted octanol–water partition coefficient (Wildman–Crippen LogP) is 0.905. The Bertz CT molecular complexity index is 266. The predicted molar refractivity (Wildman–Crippen MR) is 39.5 cm³/mol. The van der Waals surface area contributed by atoms with Crippen LogP contribution >= 0.6 is 0 Å². The first kappa shape index (κ1) is 9.87. The Balaban J connectivity index is 2.63. The van der Waals surface area contributed by atoms with E-state index in [2.05, 4.69) is 9.94 Å². The average Bonchev–Trinajstić information content (AvgIpc) is 2.50. The third-order valence-corrected chi connectivity index (χ3v) is 1.34. The lowest BCUT2D eigenvalue weighted by Crippen LogP contribution is -2.15. The Kier molecular flexibility index (Phi) is 3.15. The van der Waals surface area contributed by atoms with Crippen molar-refractivity contribution in [3.8, 4) is 0 Å². The first-order chi connectivity index (χ1) is 6.13. The van der Waals surface area contributed by atoms with Gasteiger partial charge in [0.1, 0.15) is 12.2 Å². The number of nitrogens with zero attached hydrogens (tertiary/aromatic N) is 3. The molecule has 0 aliphatic heterocycles. The molecule has 0 bridgehead atoms. The molecule has 1 aromatic heterocycles. The number of alkyl halides is 2. The van der Waals surface area contributed by atoms with Crippen molar-refractivity contribution >= 4 is 5.69 Å². The molecular weight excluding hydrogens is 184 g/mol. The normalized spacial score (nSPS) is 10.8. The lowest BCUT2D eigenvalue weighted by molar-refractivity contribution is -0.0110. The highest BCUT2D eigenvalue weighted by atomic mass is 19.3. The van der Waals surface area contributed by atoms with Crippen LogP contribution in [-0.2, 0) is 11.4 Å². The second-order valence-corrected chi connectivity index (χ2v) is 2.27. The molecule has 0 aliphatic carbocycles. The molecular formula is C6H9F2N3O2. The maximum Gasteiger partial charge on any atom is 0.257 e. The fourth-order valence-electron chi connectivity index (χ4n) is 0.798. The summed E-state index contributed by atoms with van der Waals surface area (Å²) in [6.07, 6.45) is -0.0101. The molecule has 0 aromatic carbocycles. The molecule has 0 atom stereocenters. The van der Waals surface area contributed by atoms with Gasteiger partial charge in [-0.1, -0.05) is 0 Å². The lowest BCUT2D eigenvalue weighted by atomic mass is 10.6. The maximum atomic E-state index is 11.8. The first-order valence-electron chi connectivity index (χ1n) is 3.47. The number of rotatable bonds is 4. The summed E-state index contributed by atoms with van der Waals surface area (Å²) in [5, 5.41) is 13.0. The summed E-state index contributed by atoms with van der Waals surface area (Å²) in [6.45, 7) is -0.502. The molecule has 1 N–H and O–H groups in total. The van der Waals surface area contributed by atoms with E-state index in [4.69, 9.17) is 5.21 Å². The zero-order valence-corrected chi connectivity index (χ0v) is 6.89. The van der Waals surface area contributed by atoms with E-state index in [9.17, 15) is 8.78 Å². The van der Waals surface area contributed by atoms with Gasteiger partial charge in [-0.2, -0.15) is 5.10 Å². The molecule has 74 valence electrons. The SMILES string of the molecule is CON(O)c1cnn(CC(F)F)c1. The van der Waals surface area contributed by atoms with Crippen LogP contribution in [0.5, 0.6) is 0 Å². The van der Waals surface area contributed by atoms with Crippen LogP contribution in [0.2, 0.25) is 0 Å². The minimum atomic E-state index is -2.47. The molecule has 0 spiro atoms. The van der Waals surface area contributed by atoms with Crippen molar-refractivity contribution in [2.45, 2.75) is 13.0 Å². The molecule has 1 aromatic rings. The first-order valence-corrected chi connectivity index (χ1v) is 3.47. The lowest BCUT2D eigenvalue weighted by Gasteiger charge is -2.08. The van der Waals surface area contributed by atoms with Crippen LogP contribution < -0.4 is 5.23 Å². The van der Waals surface area contributed by atoms with Crippen LogP contribution in [-0.4, -0.2) is 28.5 Å². The molecule has 5 nitrogen and oxygen atoms in total. The van der Waals surface area contributed by atoms with Gasteiger partial charge in [0, 0.05) is 0 Å². The largest absolute Gasteiger partial charge is 0.265 e. The van der Waals surface area contributed by atoms with Gasteiger partial charge >= 0.3 is 0 Å². The Morgan fingerprint density at radius 3 is 3.00 bits per heavy atom. The van der Waals surface area contributed by atoms with Crippen molar-refractivity contribution in [2.75, 3.05) is 12.3 Å².